The van der Waals surface area contributed by atoms with Crippen LogP contribution in [0.3, 0.4) is 0 Å². The molecule has 0 saturated carbocycles. The second-order valence-electron chi connectivity index (χ2n) is 6.33. The summed E-state index contributed by atoms with van der Waals surface area (Å²) in [5.41, 5.74) is 2.42. The fourth-order valence-electron chi connectivity index (χ4n) is 3.07. The molecule has 0 spiro atoms. The number of halogens is 3. The van der Waals surface area contributed by atoms with Gasteiger partial charge in [-0.1, -0.05) is 47.5 Å². The first-order valence-electron chi connectivity index (χ1n) is 8.80. The fraction of sp³-hybridized carbons (Fsp3) is 0. The van der Waals surface area contributed by atoms with Gasteiger partial charge in [-0.05, 0) is 39.5 Å². The molecule has 0 bridgehead atoms. The molecule has 2 amide bonds. The van der Waals surface area contributed by atoms with Crippen molar-refractivity contribution in [1.29, 1.82) is 0 Å². The number of fused-ring (bicyclic) bond motifs is 1. The van der Waals surface area contributed by atoms with Gasteiger partial charge in [-0.3, -0.25) is 15.0 Å². The van der Waals surface area contributed by atoms with E-state index < -0.39 is 11.8 Å². The number of nitrogens with zero attached hydrogens (tertiary/aromatic N) is 3. The maximum atomic E-state index is 13.2. The summed E-state index contributed by atoms with van der Waals surface area (Å²) >= 11 is 16.1. The Morgan fingerprint density at radius 3 is 2.58 bits per heavy atom. The van der Waals surface area contributed by atoms with Gasteiger partial charge in [0.25, 0.3) is 11.8 Å². The molecular formula is C20H13BrCl2N6O2. The molecule has 0 atom stereocenters. The summed E-state index contributed by atoms with van der Waals surface area (Å²) in [6.45, 7) is 0. The van der Waals surface area contributed by atoms with Crippen molar-refractivity contribution in [2.45, 2.75) is 0 Å². The molecule has 2 aromatic heterocycles. The average molecular weight is 520 g/mol. The highest BCUT2D eigenvalue weighted by Gasteiger charge is 2.23. The number of benzene rings is 2. The van der Waals surface area contributed by atoms with E-state index in [2.05, 4.69) is 36.8 Å². The first kappa shape index (κ1) is 21.3. The molecule has 0 aliphatic carbocycles. The quantitative estimate of drug-likeness (QED) is 0.211. The van der Waals surface area contributed by atoms with E-state index in [-0.39, 0.29) is 27.8 Å². The number of aromatic nitrogens is 3. The van der Waals surface area contributed by atoms with Crippen molar-refractivity contribution >= 4 is 67.4 Å². The molecule has 4 aromatic rings. The SMILES string of the molecule is NNC(=O)c1cc2ccccc2c(Cl)c1NC(=O)c1cc(Br)nn1-c1ncccc1Cl. The van der Waals surface area contributed by atoms with Crippen LogP contribution in [0.5, 0.6) is 0 Å². The summed E-state index contributed by atoms with van der Waals surface area (Å²) in [4.78, 5) is 29.8. The van der Waals surface area contributed by atoms with Crippen LogP contribution < -0.4 is 16.6 Å². The van der Waals surface area contributed by atoms with Crippen LogP contribution >= 0.6 is 39.1 Å². The van der Waals surface area contributed by atoms with Crippen molar-refractivity contribution in [2.75, 3.05) is 5.32 Å². The Labute approximate surface area is 194 Å². The monoisotopic (exact) mass is 518 g/mol. The second-order valence-corrected chi connectivity index (χ2v) is 7.93. The third-order valence-corrected chi connectivity index (χ3v) is 5.53. The standard InChI is InChI=1S/C20H13BrCl2N6O2/c21-15-9-14(29(28-15)18-13(22)6-3-7-25-18)20(31)26-17-12(19(30)27-24)8-10-4-1-2-5-11(10)16(17)23/h1-9H,24H2,(H,26,31)(H,27,30). The van der Waals surface area contributed by atoms with E-state index in [0.29, 0.717) is 15.0 Å². The molecule has 2 aromatic carbocycles. The smallest absolute Gasteiger partial charge is 0.274 e. The summed E-state index contributed by atoms with van der Waals surface area (Å²) < 4.78 is 1.68. The fourth-order valence-corrected chi connectivity index (χ4v) is 3.97. The molecule has 0 radical (unpaired) electrons. The van der Waals surface area contributed by atoms with Crippen LogP contribution in [0, 0.1) is 0 Å². The second kappa shape index (κ2) is 8.64. The molecule has 0 aliphatic rings. The Hall–Kier alpha value is -2.98. The van der Waals surface area contributed by atoms with Crippen molar-refractivity contribution in [3.63, 3.8) is 0 Å². The number of nitrogens with one attached hydrogen (secondary N) is 2. The van der Waals surface area contributed by atoms with Gasteiger partial charge in [0.05, 0.1) is 21.3 Å². The summed E-state index contributed by atoms with van der Waals surface area (Å²) in [6.07, 6.45) is 1.53. The normalized spacial score (nSPS) is 10.8. The van der Waals surface area contributed by atoms with Crippen LogP contribution in [0.2, 0.25) is 10.0 Å². The van der Waals surface area contributed by atoms with Crippen molar-refractivity contribution in [3.8, 4) is 5.82 Å². The van der Waals surface area contributed by atoms with Crippen LogP contribution in [0.15, 0.2) is 59.3 Å². The number of anilines is 1. The van der Waals surface area contributed by atoms with Gasteiger partial charge >= 0.3 is 0 Å². The maximum absolute atomic E-state index is 13.2. The third-order valence-electron chi connectivity index (χ3n) is 4.45. The van der Waals surface area contributed by atoms with Gasteiger partial charge in [0.2, 0.25) is 0 Å². The third kappa shape index (κ3) is 4.00. The van der Waals surface area contributed by atoms with Crippen LogP contribution in [-0.2, 0) is 0 Å². The minimum atomic E-state index is -0.606. The van der Waals surface area contributed by atoms with Gasteiger partial charge < -0.3 is 5.32 Å². The topological polar surface area (TPSA) is 115 Å². The zero-order valence-corrected chi connectivity index (χ0v) is 18.7. The van der Waals surface area contributed by atoms with E-state index in [4.69, 9.17) is 29.0 Å². The molecule has 2 heterocycles. The molecular weight excluding hydrogens is 507 g/mol. The molecule has 0 fully saturated rings. The van der Waals surface area contributed by atoms with Gasteiger partial charge in [0, 0.05) is 17.6 Å². The highest BCUT2D eigenvalue weighted by molar-refractivity contribution is 9.10. The lowest BCUT2D eigenvalue weighted by Crippen LogP contribution is -2.31. The highest BCUT2D eigenvalue weighted by atomic mass is 79.9. The number of carbonyl (C=O) groups excluding carboxylic acids is 2. The van der Waals surface area contributed by atoms with Gasteiger partial charge in [-0.15, -0.1) is 0 Å². The largest absolute Gasteiger partial charge is 0.319 e. The molecule has 4 N–H and O–H groups in total. The zero-order valence-electron chi connectivity index (χ0n) is 15.6. The zero-order chi connectivity index (χ0) is 22.1. The minimum Gasteiger partial charge on any atom is -0.319 e. The van der Waals surface area contributed by atoms with E-state index in [1.807, 2.05) is 6.07 Å². The number of nitrogen functional groups attached to an aromatic ring is 1. The van der Waals surface area contributed by atoms with E-state index in [9.17, 15) is 9.59 Å². The van der Waals surface area contributed by atoms with Gasteiger partial charge in [0.15, 0.2) is 5.82 Å². The number of amides is 2. The summed E-state index contributed by atoms with van der Waals surface area (Å²) in [5.74, 6) is 4.41. The summed E-state index contributed by atoms with van der Waals surface area (Å²) in [6, 6.07) is 13.6. The molecule has 156 valence electrons. The summed E-state index contributed by atoms with van der Waals surface area (Å²) in [5, 5.41) is 8.84. The average Bonchev–Trinajstić information content (AvgIpc) is 3.16. The number of hydrogen-bond donors (Lipinski definition) is 3. The van der Waals surface area contributed by atoms with Gasteiger partial charge in [0.1, 0.15) is 10.3 Å². The first-order valence-corrected chi connectivity index (χ1v) is 10.4. The Kier molecular flexibility index (Phi) is 5.92. The minimum absolute atomic E-state index is 0.112. The Morgan fingerprint density at radius 2 is 1.84 bits per heavy atom. The Morgan fingerprint density at radius 1 is 1.06 bits per heavy atom. The van der Waals surface area contributed by atoms with Crippen LogP contribution in [0.25, 0.3) is 16.6 Å². The van der Waals surface area contributed by atoms with Crippen molar-refractivity contribution in [2.24, 2.45) is 5.84 Å². The van der Waals surface area contributed by atoms with E-state index in [0.717, 1.165) is 5.39 Å². The lowest BCUT2D eigenvalue weighted by atomic mass is 10.0. The molecule has 8 nitrogen and oxygen atoms in total. The van der Waals surface area contributed by atoms with Crippen LogP contribution in [0.4, 0.5) is 5.69 Å². The summed E-state index contributed by atoms with van der Waals surface area (Å²) in [7, 11) is 0. The maximum Gasteiger partial charge on any atom is 0.274 e. The molecule has 31 heavy (non-hydrogen) atoms. The van der Waals surface area contributed by atoms with Crippen molar-refractivity contribution in [3.05, 3.63) is 80.6 Å². The first-order chi connectivity index (χ1) is 14.9. The predicted molar refractivity (Wildman–Crippen MR) is 123 cm³/mol. The molecule has 4 rings (SSSR count). The van der Waals surface area contributed by atoms with Crippen molar-refractivity contribution < 1.29 is 9.59 Å². The number of carbonyl (C=O) groups is 2. The van der Waals surface area contributed by atoms with Gasteiger partial charge in [-0.25, -0.2) is 15.5 Å². The van der Waals surface area contributed by atoms with E-state index >= 15 is 0 Å². The van der Waals surface area contributed by atoms with Crippen LogP contribution in [0.1, 0.15) is 20.8 Å². The molecule has 0 unspecified atom stereocenters. The van der Waals surface area contributed by atoms with E-state index in [1.165, 1.54) is 16.9 Å². The van der Waals surface area contributed by atoms with Gasteiger partial charge in [-0.2, -0.15) is 5.10 Å². The lowest BCUT2D eigenvalue weighted by Gasteiger charge is -2.15. The Bertz CT molecular complexity index is 1340. The lowest BCUT2D eigenvalue weighted by molar-refractivity contribution is 0.0954. The van der Waals surface area contributed by atoms with Crippen molar-refractivity contribution in [1.82, 2.24) is 20.2 Å². The number of hydrogen-bond acceptors (Lipinski definition) is 5. The number of hydrazine groups is 1. The number of rotatable bonds is 4. The molecule has 0 aliphatic heterocycles. The van der Waals surface area contributed by atoms with Crippen LogP contribution in [-0.4, -0.2) is 26.6 Å². The number of pyridine rings is 1. The predicted octanol–water partition coefficient (Wildman–Crippen LogP) is 4.35. The highest BCUT2D eigenvalue weighted by Crippen LogP contribution is 2.35. The Balaban J connectivity index is 1.82. The van der Waals surface area contributed by atoms with E-state index in [1.54, 1.807) is 36.4 Å². The molecule has 11 heteroatoms. The number of nitrogens with two attached hydrogens (primary N) is 1. The molecule has 0 saturated heterocycles.